The minimum Gasteiger partial charge on any atom is -0.496 e. The van der Waals surface area contributed by atoms with Crippen molar-refractivity contribution in [3.05, 3.63) is 29.3 Å². The molecule has 0 bridgehead atoms. The van der Waals surface area contributed by atoms with Crippen molar-refractivity contribution in [2.24, 2.45) is 11.1 Å². The summed E-state index contributed by atoms with van der Waals surface area (Å²) in [5, 5.41) is 3.06. The lowest BCUT2D eigenvalue weighted by Crippen LogP contribution is -2.39. The smallest absolute Gasteiger partial charge is 0.220 e. The first-order valence-electron chi connectivity index (χ1n) is 8.69. The van der Waals surface area contributed by atoms with Gasteiger partial charge < -0.3 is 15.8 Å². The van der Waals surface area contributed by atoms with E-state index in [1.807, 2.05) is 12.1 Å². The van der Waals surface area contributed by atoms with Gasteiger partial charge in [-0.05, 0) is 49.8 Å². The summed E-state index contributed by atoms with van der Waals surface area (Å²) in [6.45, 7) is 3.32. The average Bonchev–Trinajstić information content (AvgIpc) is 2.56. The van der Waals surface area contributed by atoms with Gasteiger partial charge >= 0.3 is 0 Å². The Labute approximate surface area is 151 Å². The summed E-state index contributed by atoms with van der Waals surface area (Å²) in [4.78, 5) is 12.3. The van der Waals surface area contributed by atoms with E-state index in [4.69, 9.17) is 10.5 Å². The Balaban J connectivity index is 0.00000288. The van der Waals surface area contributed by atoms with E-state index < -0.39 is 0 Å². The fourth-order valence-corrected chi connectivity index (χ4v) is 3.60. The van der Waals surface area contributed by atoms with Crippen LogP contribution in [0.2, 0.25) is 0 Å². The SMILES string of the molecule is COc1ccc(C)cc1CCNC(=O)CC1(CN)CCCCC1.Cl. The predicted octanol–water partition coefficient (Wildman–Crippen LogP) is 3.38. The van der Waals surface area contributed by atoms with Crippen LogP contribution in [0.25, 0.3) is 0 Å². The molecule has 1 aromatic carbocycles. The molecule has 1 aliphatic carbocycles. The van der Waals surface area contributed by atoms with Gasteiger partial charge in [-0.1, -0.05) is 37.0 Å². The largest absolute Gasteiger partial charge is 0.496 e. The molecule has 136 valence electrons. The van der Waals surface area contributed by atoms with Crippen LogP contribution in [0.15, 0.2) is 18.2 Å². The zero-order valence-corrected chi connectivity index (χ0v) is 15.7. The van der Waals surface area contributed by atoms with Crippen LogP contribution < -0.4 is 15.8 Å². The standard InChI is InChI=1S/C19H30N2O2.ClH/c1-15-6-7-17(23-2)16(12-15)8-11-21-18(22)13-19(14-20)9-4-3-5-10-19;/h6-7,12H,3-5,8-11,13-14,20H2,1-2H3,(H,21,22);1H. The second-order valence-electron chi connectivity index (χ2n) is 6.86. The molecule has 1 fully saturated rings. The van der Waals surface area contributed by atoms with Gasteiger partial charge in [-0.3, -0.25) is 4.79 Å². The van der Waals surface area contributed by atoms with Crippen LogP contribution in [0.3, 0.4) is 0 Å². The van der Waals surface area contributed by atoms with E-state index in [1.54, 1.807) is 7.11 Å². The molecule has 2 rings (SSSR count). The van der Waals surface area contributed by atoms with Crippen LogP contribution in [-0.2, 0) is 11.2 Å². The highest BCUT2D eigenvalue weighted by Gasteiger charge is 2.32. The van der Waals surface area contributed by atoms with Gasteiger partial charge in [0.05, 0.1) is 7.11 Å². The second-order valence-corrected chi connectivity index (χ2v) is 6.86. The minimum atomic E-state index is 0. The normalized spacial score (nSPS) is 16.1. The third kappa shape index (κ3) is 5.67. The summed E-state index contributed by atoms with van der Waals surface area (Å²) in [7, 11) is 1.68. The summed E-state index contributed by atoms with van der Waals surface area (Å²) >= 11 is 0. The van der Waals surface area contributed by atoms with Crippen LogP contribution in [0.4, 0.5) is 0 Å². The van der Waals surface area contributed by atoms with Gasteiger partial charge in [0.25, 0.3) is 0 Å². The molecule has 0 unspecified atom stereocenters. The fourth-order valence-electron chi connectivity index (χ4n) is 3.60. The van der Waals surface area contributed by atoms with Crippen LogP contribution in [0.5, 0.6) is 5.75 Å². The lowest BCUT2D eigenvalue weighted by Gasteiger charge is -2.35. The number of hydrogen-bond donors (Lipinski definition) is 2. The maximum absolute atomic E-state index is 12.3. The van der Waals surface area contributed by atoms with Gasteiger partial charge in [-0.15, -0.1) is 12.4 Å². The molecule has 1 amide bonds. The maximum Gasteiger partial charge on any atom is 0.220 e. The van der Waals surface area contributed by atoms with Gasteiger partial charge in [0.15, 0.2) is 0 Å². The third-order valence-electron chi connectivity index (χ3n) is 5.04. The van der Waals surface area contributed by atoms with Crippen LogP contribution in [0, 0.1) is 12.3 Å². The number of methoxy groups -OCH3 is 1. The minimum absolute atomic E-state index is 0. The molecule has 0 aromatic heterocycles. The van der Waals surface area contributed by atoms with E-state index in [0.717, 1.165) is 30.6 Å². The summed E-state index contributed by atoms with van der Waals surface area (Å²) in [6, 6.07) is 6.14. The molecule has 0 saturated heterocycles. The van der Waals surface area contributed by atoms with E-state index in [2.05, 4.69) is 18.3 Å². The predicted molar refractivity (Wildman–Crippen MR) is 101 cm³/mol. The number of amides is 1. The number of benzene rings is 1. The molecule has 0 radical (unpaired) electrons. The zero-order valence-electron chi connectivity index (χ0n) is 14.9. The lowest BCUT2D eigenvalue weighted by molar-refractivity contribution is -0.123. The summed E-state index contributed by atoms with van der Waals surface area (Å²) in [6.07, 6.45) is 7.19. The Kier molecular flexibility index (Phi) is 8.57. The van der Waals surface area contributed by atoms with E-state index in [1.165, 1.54) is 24.8 Å². The lowest BCUT2D eigenvalue weighted by atomic mass is 9.71. The highest BCUT2D eigenvalue weighted by Crippen LogP contribution is 2.38. The first-order chi connectivity index (χ1) is 11.1. The first-order valence-corrected chi connectivity index (χ1v) is 8.69. The molecule has 4 nitrogen and oxygen atoms in total. The first kappa shape index (κ1) is 20.8. The van der Waals surface area contributed by atoms with Crippen LogP contribution in [-0.4, -0.2) is 26.1 Å². The Hall–Kier alpha value is -1.26. The number of rotatable bonds is 7. The molecule has 0 aliphatic heterocycles. The van der Waals surface area contributed by atoms with E-state index in [-0.39, 0.29) is 23.7 Å². The molecule has 1 aliphatic rings. The topological polar surface area (TPSA) is 64.3 Å². The molecule has 0 heterocycles. The molecule has 0 spiro atoms. The van der Waals surface area contributed by atoms with Gasteiger partial charge in [-0.2, -0.15) is 0 Å². The summed E-state index contributed by atoms with van der Waals surface area (Å²) in [5.74, 6) is 1.01. The van der Waals surface area contributed by atoms with Crippen molar-refractivity contribution in [3.8, 4) is 5.75 Å². The number of ether oxygens (including phenoxy) is 1. The van der Waals surface area contributed by atoms with Gasteiger partial charge in [0, 0.05) is 13.0 Å². The quantitative estimate of drug-likeness (QED) is 0.788. The Bertz CT molecular complexity index is 528. The Morgan fingerprint density at radius 2 is 2.00 bits per heavy atom. The number of halogens is 1. The third-order valence-corrected chi connectivity index (χ3v) is 5.04. The number of aryl methyl sites for hydroxylation is 1. The van der Waals surface area contributed by atoms with Crippen molar-refractivity contribution in [2.45, 2.75) is 51.9 Å². The van der Waals surface area contributed by atoms with Gasteiger partial charge in [-0.25, -0.2) is 0 Å². The number of nitrogens with two attached hydrogens (primary N) is 1. The maximum atomic E-state index is 12.3. The molecule has 1 saturated carbocycles. The van der Waals surface area contributed by atoms with Crippen molar-refractivity contribution >= 4 is 18.3 Å². The van der Waals surface area contributed by atoms with E-state index in [0.29, 0.717) is 19.5 Å². The van der Waals surface area contributed by atoms with Crippen molar-refractivity contribution < 1.29 is 9.53 Å². The zero-order chi connectivity index (χ0) is 16.7. The fraction of sp³-hybridized carbons (Fsp3) is 0.632. The van der Waals surface area contributed by atoms with Gasteiger partial charge in [0.1, 0.15) is 5.75 Å². The monoisotopic (exact) mass is 354 g/mol. The van der Waals surface area contributed by atoms with Gasteiger partial charge in [0.2, 0.25) is 5.91 Å². The van der Waals surface area contributed by atoms with Crippen LogP contribution >= 0.6 is 12.4 Å². The number of carbonyl (C=O) groups is 1. The molecule has 1 aromatic rings. The second kappa shape index (κ2) is 9.90. The molecular weight excluding hydrogens is 324 g/mol. The summed E-state index contributed by atoms with van der Waals surface area (Å²) in [5.41, 5.74) is 8.34. The highest BCUT2D eigenvalue weighted by atomic mass is 35.5. The molecular formula is C19H31ClN2O2. The summed E-state index contributed by atoms with van der Waals surface area (Å²) < 4.78 is 5.38. The number of nitrogens with one attached hydrogen (secondary N) is 1. The number of hydrogen-bond acceptors (Lipinski definition) is 3. The van der Waals surface area contributed by atoms with Crippen LogP contribution in [0.1, 0.15) is 49.7 Å². The van der Waals surface area contributed by atoms with Crippen molar-refractivity contribution in [3.63, 3.8) is 0 Å². The number of carbonyl (C=O) groups excluding carboxylic acids is 1. The average molecular weight is 355 g/mol. The van der Waals surface area contributed by atoms with E-state index >= 15 is 0 Å². The van der Waals surface area contributed by atoms with Crippen molar-refractivity contribution in [1.82, 2.24) is 5.32 Å². The molecule has 24 heavy (non-hydrogen) atoms. The Morgan fingerprint density at radius 1 is 1.29 bits per heavy atom. The Morgan fingerprint density at radius 3 is 2.62 bits per heavy atom. The van der Waals surface area contributed by atoms with E-state index in [9.17, 15) is 4.79 Å². The van der Waals surface area contributed by atoms with Crippen molar-refractivity contribution in [1.29, 1.82) is 0 Å². The molecule has 0 atom stereocenters. The van der Waals surface area contributed by atoms with Crippen molar-refractivity contribution in [2.75, 3.05) is 20.2 Å². The molecule has 5 heteroatoms. The highest BCUT2D eigenvalue weighted by molar-refractivity contribution is 5.85. The molecule has 3 N–H and O–H groups in total.